The number of fused-ring (bicyclic) bond motifs is 2. The molecule has 0 bridgehead atoms. The summed E-state index contributed by atoms with van der Waals surface area (Å²) >= 11 is 0. The van der Waals surface area contributed by atoms with Crippen LogP contribution in [-0.2, 0) is 19.5 Å². The number of carboxylic acid groups (broad SMARTS) is 1. The van der Waals surface area contributed by atoms with Gasteiger partial charge in [-0.1, -0.05) is 30.3 Å². The number of amides is 2. The highest BCUT2D eigenvalue weighted by Gasteiger charge is 2.27. The molecule has 1 saturated heterocycles. The van der Waals surface area contributed by atoms with Gasteiger partial charge >= 0.3 is 6.09 Å². The highest BCUT2D eigenvalue weighted by atomic mass is 16.5. The van der Waals surface area contributed by atoms with Gasteiger partial charge in [0.05, 0.1) is 18.2 Å². The normalized spacial score (nSPS) is 19.8. The Hall–Kier alpha value is -3.14. The number of benzene rings is 2. The van der Waals surface area contributed by atoms with Gasteiger partial charge < -0.3 is 24.7 Å². The predicted molar refractivity (Wildman–Crippen MR) is 134 cm³/mol. The van der Waals surface area contributed by atoms with Gasteiger partial charge in [-0.05, 0) is 35.2 Å². The Morgan fingerprint density at radius 3 is 2.50 bits per heavy atom. The van der Waals surface area contributed by atoms with Crippen LogP contribution in [0.15, 0.2) is 42.5 Å². The van der Waals surface area contributed by atoms with Gasteiger partial charge in [-0.2, -0.15) is 0 Å². The van der Waals surface area contributed by atoms with E-state index in [-0.39, 0.29) is 12.5 Å². The van der Waals surface area contributed by atoms with Crippen molar-refractivity contribution >= 4 is 12.0 Å². The van der Waals surface area contributed by atoms with Crippen LogP contribution in [-0.4, -0.2) is 107 Å². The van der Waals surface area contributed by atoms with Crippen LogP contribution in [0.2, 0.25) is 0 Å². The molecule has 0 aromatic heterocycles. The van der Waals surface area contributed by atoms with Gasteiger partial charge in [-0.25, -0.2) is 4.79 Å². The van der Waals surface area contributed by atoms with Crippen LogP contribution in [0.4, 0.5) is 4.79 Å². The van der Waals surface area contributed by atoms with Gasteiger partial charge in [0.25, 0.3) is 5.91 Å². The number of carbonyl (C=O) groups is 2. The molecule has 9 nitrogen and oxygen atoms in total. The fraction of sp³-hybridized carbons (Fsp3) is 0.481. The summed E-state index contributed by atoms with van der Waals surface area (Å²) < 4.78 is 5.94. The summed E-state index contributed by atoms with van der Waals surface area (Å²) in [5.41, 5.74) is 4.24. The number of ether oxygens (including phenoxy) is 1. The van der Waals surface area contributed by atoms with Crippen molar-refractivity contribution in [1.82, 2.24) is 19.6 Å². The molecule has 2 amide bonds. The number of carbonyl (C=O) groups excluding carboxylic acids is 1. The lowest BCUT2D eigenvalue weighted by molar-refractivity contribution is 0.0501. The van der Waals surface area contributed by atoms with E-state index in [2.05, 4.69) is 34.1 Å². The zero-order valence-corrected chi connectivity index (χ0v) is 20.5. The van der Waals surface area contributed by atoms with E-state index in [0.29, 0.717) is 63.7 Å². The number of rotatable bonds is 6. The Labute approximate surface area is 211 Å². The molecule has 2 aromatic carbocycles. The van der Waals surface area contributed by atoms with Gasteiger partial charge in [-0.15, -0.1) is 0 Å². The third-order valence-corrected chi connectivity index (χ3v) is 7.34. The van der Waals surface area contributed by atoms with Gasteiger partial charge in [0.2, 0.25) is 0 Å². The number of aliphatic hydroxyl groups excluding tert-OH is 1. The molecule has 1 fully saturated rings. The van der Waals surface area contributed by atoms with E-state index in [1.165, 1.54) is 16.0 Å². The summed E-state index contributed by atoms with van der Waals surface area (Å²) in [6, 6.07) is 14.1. The second-order valence-corrected chi connectivity index (χ2v) is 9.88. The molecule has 9 heteroatoms. The van der Waals surface area contributed by atoms with E-state index in [0.717, 1.165) is 25.1 Å². The van der Waals surface area contributed by atoms with Gasteiger partial charge in [0, 0.05) is 58.9 Å². The number of aliphatic hydroxyl groups is 1. The maximum Gasteiger partial charge on any atom is 0.407 e. The van der Waals surface area contributed by atoms with E-state index in [9.17, 15) is 14.7 Å². The van der Waals surface area contributed by atoms with Crippen molar-refractivity contribution < 1.29 is 24.5 Å². The molecule has 0 saturated carbocycles. The first-order chi connectivity index (χ1) is 17.5. The quantitative estimate of drug-likeness (QED) is 0.632. The molecule has 0 aliphatic carbocycles. The van der Waals surface area contributed by atoms with E-state index < -0.39 is 12.2 Å². The van der Waals surface area contributed by atoms with Crippen molar-refractivity contribution in [1.29, 1.82) is 0 Å². The standard InChI is InChI=1S/C27H34N4O5/c32-23(18-29-8-7-21-3-1-2-4-22(21)17-29)19-31-13-14-36-25-15-20(5-6-24(25)26(31)33)16-28-9-11-30(12-10-28)27(34)35/h1-6,15,23,32H,7-14,16-19H2,(H,34,35). The second-order valence-electron chi connectivity index (χ2n) is 9.88. The average Bonchev–Trinajstić information content (AvgIpc) is 3.02. The first kappa shape index (κ1) is 24.5. The Bertz CT molecular complexity index is 1100. The molecule has 1 atom stereocenters. The lowest BCUT2D eigenvalue weighted by atomic mass is 10.00. The third-order valence-electron chi connectivity index (χ3n) is 7.34. The largest absolute Gasteiger partial charge is 0.491 e. The maximum absolute atomic E-state index is 13.3. The van der Waals surface area contributed by atoms with Crippen molar-refractivity contribution in [3.05, 3.63) is 64.7 Å². The second kappa shape index (κ2) is 10.9. The summed E-state index contributed by atoms with van der Waals surface area (Å²) in [7, 11) is 0. The van der Waals surface area contributed by atoms with Gasteiger partial charge in [0.1, 0.15) is 12.4 Å². The molecule has 2 aromatic rings. The third kappa shape index (κ3) is 5.64. The van der Waals surface area contributed by atoms with E-state index in [1.807, 2.05) is 18.2 Å². The first-order valence-electron chi connectivity index (χ1n) is 12.7. The van der Waals surface area contributed by atoms with Crippen LogP contribution < -0.4 is 4.74 Å². The van der Waals surface area contributed by atoms with E-state index in [1.54, 1.807) is 4.90 Å². The number of piperazine rings is 1. The molecular formula is C27H34N4O5. The number of nitrogens with zero attached hydrogens (tertiary/aromatic N) is 4. The summed E-state index contributed by atoms with van der Waals surface area (Å²) in [5, 5.41) is 19.9. The number of hydrogen-bond donors (Lipinski definition) is 2. The van der Waals surface area contributed by atoms with Crippen LogP contribution in [0.5, 0.6) is 5.75 Å². The lowest BCUT2D eigenvalue weighted by Gasteiger charge is -2.33. The average molecular weight is 495 g/mol. The molecular weight excluding hydrogens is 460 g/mol. The lowest BCUT2D eigenvalue weighted by Crippen LogP contribution is -2.47. The zero-order valence-electron chi connectivity index (χ0n) is 20.5. The van der Waals surface area contributed by atoms with Crippen LogP contribution in [0.3, 0.4) is 0 Å². The van der Waals surface area contributed by atoms with Crippen molar-refractivity contribution in [3.63, 3.8) is 0 Å². The molecule has 5 rings (SSSR count). The Kier molecular flexibility index (Phi) is 7.41. The fourth-order valence-electron chi connectivity index (χ4n) is 5.35. The van der Waals surface area contributed by atoms with Crippen LogP contribution in [0.25, 0.3) is 0 Å². The maximum atomic E-state index is 13.3. The minimum Gasteiger partial charge on any atom is -0.491 e. The summed E-state index contributed by atoms with van der Waals surface area (Å²) in [6.45, 7) is 6.36. The van der Waals surface area contributed by atoms with Crippen molar-refractivity contribution in [2.45, 2.75) is 25.6 Å². The van der Waals surface area contributed by atoms with Crippen LogP contribution >= 0.6 is 0 Å². The van der Waals surface area contributed by atoms with E-state index >= 15 is 0 Å². The summed E-state index contributed by atoms with van der Waals surface area (Å²) in [4.78, 5) is 32.0. The van der Waals surface area contributed by atoms with Crippen molar-refractivity contribution in [3.8, 4) is 5.75 Å². The highest BCUT2D eigenvalue weighted by molar-refractivity contribution is 5.97. The summed E-state index contributed by atoms with van der Waals surface area (Å²) in [6.07, 6.45) is -0.531. The van der Waals surface area contributed by atoms with Gasteiger partial charge in [0.15, 0.2) is 0 Å². The molecule has 0 spiro atoms. The Morgan fingerprint density at radius 2 is 1.72 bits per heavy atom. The highest BCUT2D eigenvalue weighted by Crippen LogP contribution is 2.26. The topological polar surface area (TPSA) is 96.8 Å². The number of hydrogen-bond acceptors (Lipinski definition) is 6. The summed E-state index contributed by atoms with van der Waals surface area (Å²) in [5.74, 6) is 0.457. The predicted octanol–water partition coefficient (Wildman–Crippen LogP) is 1.74. The first-order valence-corrected chi connectivity index (χ1v) is 12.7. The minimum atomic E-state index is -0.873. The molecule has 2 N–H and O–H groups in total. The van der Waals surface area contributed by atoms with Crippen LogP contribution in [0, 0.1) is 0 Å². The van der Waals surface area contributed by atoms with Gasteiger partial charge in [-0.3, -0.25) is 14.6 Å². The molecule has 36 heavy (non-hydrogen) atoms. The molecule has 0 radical (unpaired) electrons. The molecule has 3 aliphatic heterocycles. The smallest absolute Gasteiger partial charge is 0.407 e. The molecule has 3 aliphatic rings. The molecule has 192 valence electrons. The number of β-amino-alcohol motifs (C(OH)–C–C–N with tert-alkyl or cyclic N) is 1. The Morgan fingerprint density at radius 1 is 0.944 bits per heavy atom. The van der Waals surface area contributed by atoms with Crippen molar-refractivity contribution in [2.75, 3.05) is 59.0 Å². The van der Waals surface area contributed by atoms with Crippen molar-refractivity contribution in [2.24, 2.45) is 0 Å². The Balaban J connectivity index is 1.17. The fourth-order valence-corrected chi connectivity index (χ4v) is 5.35. The molecule has 1 unspecified atom stereocenters. The monoisotopic (exact) mass is 494 g/mol. The van der Waals surface area contributed by atoms with Crippen LogP contribution in [0.1, 0.15) is 27.0 Å². The van der Waals surface area contributed by atoms with E-state index in [4.69, 9.17) is 9.84 Å². The SMILES string of the molecule is O=C(O)N1CCN(Cc2ccc3c(c2)OCCN(CC(O)CN2CCc4ccccc4C2)C3=O)CC1. The zero-order chi connectivity index (χ0) is 25.1. The minimum absolute atomic E-state index is 0.118. The molecule has 3 heterocycles.